The number of methoxy groups -OCH3 is 2. The zero-order chi connectivity index (χ0) is 9.52. The first-order valence-electron chi connectivity index (χ1n) is 3.92. The Balaban J connectivity index is 2.20. The molecular formula is C8H13NO3S. The van der Waals surface area contributed by atoms with Crippen LogP contribution in [0.5, 0.6) is 5.88 Å². The molecule has 0 saturated carbocycles. The molecule has 0 aliphatic heterocycles. The molecule has 1 heterocycles. The molecule has 0 aromatic carbocycles. The molecule has 0 fully saturated rings. The largest absolute Gasteiger partial charge is 0.480 e. The second kappa shape index (κ2) is 5.90. The average molecular weight is 203 g/mol. The first kappa shape index (κ1) is 10.4. The molecule has 0 aliphatic carbocycles. The van der Waals surface area contributed by atoms with Gasteiger partial charge in [-0.2, -0.15) is 0 Å². The molecule has 13 heavy (non-hydrogen) atoms. The van der Waals surface area contributed by atoms with E-state index in [9.17, 15) is 0 Å². The summed E-state index contributed by atoms with van der Waals surface area (Å²) in [6.45, 7) is 1.73. The van der Waals surface area contributed by atoms with Crippen molar-refractivity contribution < 1.29 is 14.2 Å². The highest BCUT2D eigenvalue weighted by Crippen LogP contribution is 2.16. The fourth-order valence-corrected chi connectivity index (χ4v) is 1.44. The molecule has 0 spiro atoms. The summed E-state index contributed by atoms with van der Waals surface area (Å²) < 4.78 is 15.1. The van der Waals surface area contributed by atoms with E-state index in [-0.39, 0.29) is 0 Å². The van der Waals surface area contributed by atoms with Gasteiger partial charge in [-0.15, -0.1) is 11.3 Å². The third kappa shape index (κ3) is 3.71. The Kier molecular flexibility index (Phi) is 4.74. The van der Waals surface area contributed by atoms with Crippen molar-refractivity contribution in [3.05, 3.63) is 10.4 Å². The summed E-state index contributed by atoms with van der Waals surface area (Å²) in [6, 6.07) is 0. The molecule has 0 radical (unpaired) electrons. The predicted octanol–water partition coefficient (Wildman–Crippen LogP) is 1.31. The summed E-state index contributed by atoms with van der Waals surface area (Å²) >= 11 is 1.53. The molecule has 1 aromatic heterocycles. The van der Waals surface area contributed by atoms with E-state index >= 15 is 0 Å². The van der Waals surface area contributed by atoms with Crippen molar-refractivity contribution in [3.8, 4) is 5.88 Å². The van der Waals surface area contributed by atoms with E-state index in [1.165, 1.54) is 11.3 Å². The minimum absolute atomic E-state index is 0.525. The highest BCUT2D eigenvalue weighted by atomic mass is 32.1. The maximum atomic E-state index is 5.29. The van der Waals surface area contributed by atoms with Crippen LogP contribution in [0.1, 0.15) is 5.01 Å². The number of thiazole rings is 1. The fraction of sp³-hybridized carbons (Fsp3) is 0.625. The molecule has 0 atom stereocenters. The Hall–Kier alpha value is -0.650. The lowest BCUT2D eigenvalue weighted by atomic mass is 10.7. The van der Waals surface area contributed by atoms with Gasteiger partial charge in [0.2, 0.25) is 5.88 Å². The van der Waals surface area contributed by atoms with E-state index < -0.39 is 0 Å². The van der Waals surface area contributed by atoms with Crippen LogP contribution in [-0.2, 0) is 16.1 Å². The normalized spacial score (nSPS) is 10.3. The fourth-order valence-electron chi connectivity index (χ4n) is 0.756. The number of nitrogens with zero attached hydrogens (tertiary/aromatic N) is 1. The summed E-state index contributed by atoms with van der Waals surface area (Å²) in [7, 11) is 3.25. The van der Waals surface area contributed by atoms with Crippen molar-refractivity contribution in [2.75, 3.05) is 27.4 Å². The summed E-state index contributed by atoms with van der Waals surface area (Å²) in [6.07, 6.45) is 0. The van der Waals surface area contributed by atoms with Crippen LogP contribution in [0.15, 0.2) is 5.38 Å². The van der Waals surface area contributed by atoms with Crippen molar-refractivity contribution >= 4 is 11.3 Å². The van der Waals surface area contributed by atoms with Crippen molar-refractivity contribution in [1.29, 1.82) is 0 Å². The van der Waals surface area contributed by atoms with Gasteiger partial charge in [-0.3, -0.25) is 0 Å². The van der Waals surface area contributed by atoms with Gasteiger partial charge in [0.1, 0.15) is 5.01 Å². The van der Waals surface area contributed by atoms with Gasteiger partial charge in [0.25, 0.3) is 0 Å². The minimum atomic E-state index is 0.525. The Labute approximate surface area is 81.5 Å². The quantitative estimate of drug-likeness (QED) is 0.654. The Bertz CT molecular complexity index is 239. The van der Waals surface area contributed by atoms with Gasteiger partial charge in [0, 0.05) is 7.11 Å². The lowest BCUT2D eigenvalue weighted by Crippen LogP contribution is -2.01. The average Bonchev–Trinajstić information content (AvgIpc) is 2.60. The molecule has 1 rings (SSSR count). The monoisotopic (exact) mass is 203 g/mol. The van der Waals surface area contributed by atoms with Crippen molar-refractivity contribution in [1.82, 2.24) is 4.98 Å². The van der Waals surface area contributed by atoms with Gasteiger partial charge in [-0.25, -0.2) is 4.98 Å². The number of rotatable bonds is 6. The van der Waals surface area contributed by atoms with Crippen LogP contribution in [-0.4, -0.2) is 32.4 Å². The number of hydrogen-bond donors (Lipinski definition) is 0. The van der Waals surface area contributed by atoms with E-state index in [1.807, 2.05) is 5.38 Å². The molecule has 0 amide bonds. The topological polar surface area (TPSA) is 40.6 Å². The molecular weight excluding hydrogens is 190 g/mol. The third-order valence-electron chi connectivity index (χ3n) is 1.40. The van der Waals surface area contributed by atoms with Gasteiger partial charge in [0.15, 0.2) is 0 Å². The van der Waals surface area contributed by atoms with Crippen LogP contribution < -0.4 is 4.74 Å². The van der Waals surface area contributed by atoms with Crippen LogP contribution in [0, 0.1) is 0 Å². The molecule has 4 nitrogen and oxygen atoms in total. The maximum Gasteiger partial charge on any atom is 0.224 e. The van der Waals surface area contributed by atoms with Crippen LogP contribution in [0.3, 0.4) is 0 Å². The summed E-state index contributed by atoms with van der Waals surface area (Å²) in [5.41, 5.74) is 0. The molecule has 0 saturated heterocycles. The smallest absolute Gasteiger partial charge is 0.224 e. The first-order chi connectivity index (χ1) is 6.36. The Morgan fingerprint density at radius 3 is 2.85 bits per heavy atom. The van der Waals surface area contributed by atoms with Crippen molar-refractivity contribution in [3.63, 3.8) is 0 Å². The van der Waals surface area contributed by atoms with E-state index in [4.69, 9.17) is 14.2 Å². The lowest BCUT2D eigenvalue weighted by molar-refractivity contribution is 0.0614. The zero-order valence-corrected chi connectivity index (χ0v) is 8.60. The number of hydrogen-bond acceptors (Lipinski definition) is 5. The Morgan fingerprint density at radius 1 is 1.38 bits per heavy atom. The number of ether oxygens (including phenoxy) is 3. The second-order valence-electron chi connectivity index (χ2n) is 2.33. The van der Waals surface area contributed by atoms with Crippen LogP contribution >= 0.6 is 11.3 Å². The molecule has 0 bridgehead atoms. The number of aromatic nitrogens is 1. The van der Waals surface area contributed by atoms with Crippen molar-refractivity contribution in [2.24, 2.45) is 0 Å². The van der Waals surface area contributed by atoms with Crippen LogP contribution in [0.25, 0.3) is 0 Å². The molecule has 5 heteroatoms. The van der Waals surface area contributed by atoms with Gasteiger partial charge >= 0.3 is 0 Å². The second-order valence-corrected chi connectivity index (χ2v) is 3.27. The standard InChI is InChI=1S/C8H13NO3S/c1-10-3-4-12-5-8-9-7(11-2)6-13-8/h6H,3-5H2,1-2H3. The van der Waals surface area contributed by atoms with E-state index in [0.29, 0.717) is 25.7 Å². The van der Waals surface area contributed by atoms with E-state index in [0.717, 1.165) is 5.01 Å². The molecule has 0 N–H and O–H groups in total. The highest BCUT2D eigenvalue weighted by molar-refractivity contribution is 7.09. The predicted molar refractivity (Wildman–Crippen MR) is 50.2 cm³/mol. The van der Waals surface area contributed by atoms with Gasteiger partial charge in [0.05, 0.1) is 32.3 Å². The van der Waals surface area contributed by atoms with E-state index in [2.05, 4.69) is 4.98 Å². The zero-order valence-electron chi connectivity index (χ0n) is 7.78. The SMILES string of the molecule is COCCOCc1nc(OC)cs1. The first-order valence-corrected chi connectivity index (χ1v) is 4.80. The van der Waals surface area contributed by atoms with Crippen LogP contribution in [0.2, 0.25) is 0 Å². The van der Waals surface area contributed by atoms with E-state index in [1.54, 1.807) is 14.2 Å². The summed E-state index contributed by atoms with van der Waals surface area (Å²) in [4.78, 5) is 4.16. The molecule has 74 valence electrons. The molecule has 0 unspecified atom stereocenters. The van der Waals surface area contributed by atoms with Gasteiger partial charge in [-0.05, 0) is 0 Å². The highest BCUT2D eigenvalue weighted by Gasteiger charge is 2.00. The molecule has 1 aromatic rings. The minimum Gasteiger partial charge on any atom is -0.480 e. The third-order valence-corrected chi connectivity index (χ3v) is 2.20. The molecule has 0 aliphatic rings. The lowest BCUT2D eigenvalue weighted by Gasteiger charge is -1.99. The van der Waals surface area contributed by atoms with Crippen LogP contribution in [0.4, 0.5) is 0 Å². The van der Waals surface area contributed by atoms with Gasteiger partial charge < -0.3 is 14.2 Å². The summed E-state index contributed by atoms with van der Waals surface area (Å²) in [5, 5.41) is 2.78. The Morgan fingerprint density at radius 2 is 2.23 bits per heavy atom. The maximum absolute atomic E-state index is 5.29. The van der Waals surface area contributed by atoms with Gasteiger partial charge in [-0.1, -0.05) is 0 Å². The summed E-state index contributed by atoms with van der Waals surface area (Å²) in [5.74, 6) is 0.648. The van der Waals surface area contributed by atoms with Crippen molar-refractivity contribution in [2.45, 2.75) is 6.61 Å².